The Morgan fingerprint density at radius 2 is 2.16 bits per heavy atom. The largest absolute Gasteiger partial charge is 0.478 e. The van der Waals surface area contributed by atoms with Crippen LogP contribution in [0.15, 0.2) is 58.8 Å². The molecular formula is C22H20N6O3. The van der Waals surface area contributed by atoms with Crippen LogP contribution in [0, 0.1) is 0 Å². The van der Waals surface area contributed by atoms with Gasteiger partial charge in [0.05, 0.1) is 29.6 Å². The van der Waals surface area contributed by atoms with E-state index in [1.54, 1.807) is 39.8 Å². The lowest BCUT2D eigenvalue weighted by molar-refractivity contribution is 0.0696. The van der Waals surface area contributed by atoms with Crippen molar-refractivity contribution in [2.24, 2.45) is 4.99 Å². The third-order valence-corrected chi connectivity index (χ3v) is 5.38. The molecule has 31 heavy (non-hydrogen) atoms. The second-order valence-electron chi connectivity index (χ2n) is 7.52. The first-order chi connectivity index (χ1) is 15.0. The molecule has 1 aromatic carbocycles. The van der Waals surface area contributed by atoms with Gasteiger partial charge in [-0.1, -0.05) is 19.1 Å². The zero-order valence-corrected chi connectivity index (χ0v) is 16.9. The number of fused-ring (bicyclic) bond motifs is 3. The van der Waals surface area contributed by atoms with Gasteiger partial charge in [-0.25, -0.2) is 14.8 Å². The topological polar surface area (TPSA) is 107 Å². The molecular weight excluding hydrogens is 396 g/mol. The van der Waals surface area contributed by atoms with Gasteiger partial charge >= 0.3 is 5.97 Å². The third kappa shape index (κ3) is 3.24. The van der Waals surface area contributed by atoms with Gasteiger partial charge in [-0.2, -0.15) is 5.10 Å². The Labute approximate surface area is 176 Å². The molecule has 0 saturated heterocycles. The van der Waals surface area contributed by atoms with Crippen molar-refractivity contribution in [1.82, 2.24) is 23.7 Å². The Hall–Kier alpha value is -4.01. The van der Waals surface area contributed by atoms with Crippen LogP contribution in [0.3, 0.4) is 0 Å². The second-order valence-corrected chi connectivity index (χ2v) is 7.52. The van der Waals surface area contributed by atoms with Gasteiger partial charge in [-0.3, -0.25) is 18.4 Å². The lowest BCUT2D eigenvalue weighted by Crippen LogP contribution is -2.26. The number of hydrogen-bond donors (Lipinski definition) is 1. The number of aromatic nitrogens is 5. The molecule has 0 spiro atoms. The van der Waals surface area contributed by atoms with E-state index in [-0.39, 0.29) is 11.1 Å². The van der Waals surface area contributed by atoms with Crippen molar-refractivity contribution >= 4 is 23.3 Å². The maximum absolute atomic E-state index is 13.0. The number of carboxylic acids is 1. The highest BCUT2D eigenvalue weighted by molar-refractivity contribution is 6.05. The maximum Gasteiger partial charge on any atom is 0.335 e. The molecule has 3 aromatic heterocycles. The number of aryl methyl sites for hydroxylation is 1. The minimum Gasteiger partial charge on any atom is -0.478 e. The maximum atomic E-state index is 13.0. The fourth-order valence-electron chi connectivity index (χ4n) is 3.95. The monoisotopic (exact) mass is 416 g/mol. The van der Waals surface area contributed by atoms with Crippen molar-refractivity contribution < 1.29 is 9.90 Å². The van der Waals surface area contributed by atoms with Crippen LogP contribution in [0.4, 0.5) is 5.82 Å². The highest BCUT2D eigenvalue weighted by atomic mass is 16.4. The van der Waals surface area contributed by atoms with Gasteiger partial charge in [0.25, 0.3) is 5.56 Å². The Balaban J connectivity index is 1.46. The molecule has 0 fully saturated rings. The van der Waals surface area contributed by atoms with Crippen LogP contribution in [0.25, 0.3) is 5.78 Å². The van der Waals surface area contributed by atoms with E-state index in [0.717, 1.165) is 23.3 Å². The molecule has 0 unspecified atom stereocenters. The molecule has 0 atom stereocenters. The van der Waals surface area contributed by atoms with E-state index >= 15 is 0 Å². The number of aliphatic imine (C=N–C) groups is 1. The lowest BCUT2D eigenvalue weighted by atomic mass is 10.1. The summed E-state index contributed by atoms with van der Waals surface area (Å²) in [5, 5.41) is 13.6. The molecule has 0 radical (unpaired) electrons. The minimum absolute atomic E-state index is 0.0489. The molecule has 9 heteroatoms. The zero-order valence-electron chi connectivity index (χ0n) is 16.9. The van der Waals surface area contributed by atoms with E-state index in [9.17, 15) is 14.7 Å². The first-order valence-corrected chi connectivity index (χ1v) is 10.1. The van der Waals surface area contributed by atoms with Gasteiger partial charge in [0, 0.05) is 37.1 Å². The number of imidazole rings is 1. The van der Waals surface area contributed by atoms with E-state index in [0.29, 0.717) is 36.7 Å². The summed E-state index contributed by atoms with van der Waals surface area (Å²) >= 11 is 0. The molecule has 1 N–H and O–H groups in total. The number of nitrogens with zero attached hydrogens (tertiary/aromatic N) is 6. The summed E-state index contributed by atoms with van der Waals surface area (Å²) in [7, 11) is 0. The van der Waals surface area contributed by atoms with Gasteiger partial charge in [0.2, 0.25) is 5.78 Å². The molecule has 4 heterocycles. The van der Waals surface area contributed by atoms with Crippen LogP contribution >= 0.6 is 0 Å². The molecule has 0 bridgehead atoms. The van der Waals surface area contributed by atoms with Crippen molar-refractivity contribution in [3.8, 4) is 0 Å². The summed E-state index contributed by atoms with van der Waals surface area (Å²) in [4.78, 5) is 33.3. The zero-order chi connectivity index (χ0) is 21.5. The molecule has 9 nitrogen and oxygen atoms in total. The fraction of sp³-hybridized carbons (Fsp3) is 0.227. The average Bonchev–Trinajstić information content (AvgIpc) is 3.50. The van der Waals surface area contributed by atoms with Crippen LogP contribution in [-0.4, -0.2) is 40.5 Å². The highest BCUT2D eigenvalue weighted by Gasteiger charge is 2.25. The molecule has 5 rings (SSSR count). The van der Waals surface area contributed by atoms with Crippen molar-refractivity contribution in [3.63, 3.8) is 0 Å². The smallest absolute Gasteiger partial charge is 0.335 e. The number of carbonyl (C=O) groups is 1. The Bertz CT molecular complexity index is 1410. The summed E-state index contributed by atoms with van der Waals surface area (Å²) in [5.74, 6) is 0.270. The number of aromatic carboxylic acids is 1. The van der Waals surface area contributed by atoms with Gasteiger partial charge < -0.3 is 5.11 Å². The van der Waals surface area contributed by atoms with E-state index in [2.05, 4.69) is 10.1 Å². The van der Waals surface area contributed by atoms with E-state index in [1.807, 2.05) is 29.8 Å². The van der Waals surface area contributed by atoms with E-state index < -0.39 is 5.97 Å². The fourth-order valence-corrected chi connectivity index (χ4v) is 3.95. The summed E-state index contributed by atoms with van der Waals surface area (Å²) in [5.41, 5.74) is 3.31. The Kier molecular flexibility index (Phi) is 4.50. The quantitative estimate of drug-likeness (QED) is 0.520. The number of hydrogen-bond acceptors (Lipinski definition) is 5. The average molecular weight is 416 g/mol. The summed E-state index contributed by atoms with van der Waals surface area (Å²) in [6, 6.07) is 6.78. The molecule has 1 aliphatic heterocycles. The molecule has 156 valence electrons. The molecule has 1 aliphatic rings. The number of carboxylic acid groups (broad SMARTS) is 1. The first-order valence-electron chi connectivity index (χ1n) is 10.1. The van der Waals surface area contributed by atoms with Crippen LogP contribution < -0.4 is 5.56 Å². The van der Waals surface area contributed by atoms with Gasteiger partial charge in [0.1, 0.15) is 5.82 Å². The standard InChI is InChI=1S/C22H20N6O3/c1-2-7-28-20(29)17-10-18(25-19(17)27-8-6-23-22(27)28)16-11-24-26(13-16)12-14-4-3-5-15(9-14)21(30)31/h3-6,8-9,11,13H,2,7,10,12H2,1H3,(H,30,31). The molecule has 4 aromatic rings. The summed E-state index contributed by atoms with van der Waals surface area (Å²) in [6.07, 6.45) is 8.37. The SMILES string of the molecule is CCCn1c(=O)c2c(n3ccnc13)N=C(c1cnn(Cc3cccc(C(=O)O)c3)c1)C2. The Morgan fingerprint density at radius 3 is 2.97 bits per heavy atom. The second kappa shape index (κ2) is 7.35. The number of rotatable bonds is 6. The highest BCUT2D eigenvalue weighted by Crippen LogP contribution is 2.27. The predicted molar refractivity (Wildman–Crippen MR) is 114 cm³/mol. The van der Waals surface area contributed by atoms with Crippen LogP contribution in [-0.2, 0) is 19.5 Å². The third-order valence-electron chi connectivity index (χ3n) is 5.38. The Morgan fingerprint density at radius 1 is 1.29 bits per heavy atom. The van der Waals surface area contributed by atoms with Crippen LogP contribution in [0.1, 0.15) is 40.4 Å². The normalized spacial score (nSPS) is 12.9. The van der Waals surface area contributed by atoms with Crippen LogP contribution in [0.5, 0.6) is 0 Å². The summed E-state index contributed by atoms with van der Waals surface area (Å²) < 4.78 is 5.31. The predicted octanol–water partition coefficient (Wildman–Crippen LogP) is 2.53. The summed E-state index contributed by atoms with van der Waals surface area (Å²) in [6.45, 7) is 3.08. The molecule has 0 saturated carbocycles. The van der Waals surface area contributed by atoms with E-state index in [4.69, 9.17) is 4.99 Å². The lowest BCUT2D eigenvalue weighted by Gasteiger charge is -2.09. The molecule has 0 aliphatic carbocycles. The minimum atomic E-state index is -0.958. The van der Waals surface area contributed by atoms with E-state index in [1.165, 1.54) is 0 Å². The van der Waals surface area contributed by atoms with Gasteiger partial charge in [-0.15, -0.1) is 0 Å². The van der Waals surface area contributed by atoms with Crippen molar-refractivity contribution in [1.29, 1.82) is 0 Å². The van der Waals surface area contributed by atoms with Gasteiger partial charge in [-0.05, 0) is 24.1 Å². The number of benzene rings is 1. The molecule has 0 amide bonds. The van der Waals surface area contributed by atoms with Gasteiger partial charge in [0.15, 0.2) is 0 Å². The van der Waals surface area contributed by atoms with Crippen LogP contribution in [0.2, 0.25) is 0 Å². The first kappa shape index (κ1) is 19.0. The van der Waals surface area contributed by atoms with Crippen molar-refractivity contribution in [2.45, 2.75) is 32.9 Å². The van der Waals surface area contributed by atoms with Crippen molar-refractivity contribution in [3.05, 3.63) is 81.7 Å². The van der Waals surface area contributed by atoms with Crippen molar-refractivity contribution in [2.75, 3.05) is 0 Å².